The van der Waals surface area contributed by atoms with Gasteiger partial charge in [0.2, 0.25) is 0 Å². The van der Waals surface area contributed by atoms with Crippen LogP contribution in [-0.4, -0.2) is 23.4 Å². The van der Waals surface area contributed by atoms with Crippen molar-refractivity contribution >= 4 is 5.97 Å². The highest BCUT2D eigenvalue weighted by atomic mass is 19.4. The van der Waals surface area contributed by atoms with Crippen LogP contribution in [0.2, 0.25) is 0 Å². The van der Waals surface area contributed by atoms with E-state index in [0.717, 1.165) is 6.92 Å². The van der Waals surface area contributed by atoms with E-state index >= 15 is 0 Å². The zero-order chi connectivity index (χ0) is 14.3. The van der Waals surface area contributed by atoms with Crippen molar-refractivity contribution in [1.29, 1.82) is 0 Å². The van der Waals surface area contributed by atoms with Gasteiger partial charge in [-0.05, 0) is 18.4 Å². The Morgan fingerprint density at radius 1 is 1.22 bits per heavy atom. The van der Waals surface area contributed by atoms with Crippen molar-refractivity contribution in [3.8, 4) is 0 Å². The van der Waals surface area contributed by atoms with Crippen molar-refractivity contribution in [1.82, 2.24) is 0 Å². The van der Waals surface area contributed by atoms with E-state index in [1.54, 1.807) is 0 Å². The van der Waals surface area contributed by atoms with E-state index in [1.165, 1.54) is 0 Å². The van der Waals surface area contributed by atoms with Gasteiger partial charge in [0.15, 0.2) is 0 Å². The molecule has 1 aliphatic carbocycles. The zero-order valence-electron chi connectivity index (χ0n) is 8.99. The molecule has 0 aromatic rings. The van der Waals surface area contributed by atoms with Crippen molar-refractivity contribution < 1.29 is 36.2 Å². The van der Waals surface area contributed by atoms with Gasteiger partial charge in [-0.3, -0.25) is 0 Å². The van der Waals surface area contributed by atoms with E-state index in [9.17, 15) is 31.1 Å². The lowest BCUT2D eigenvalue weighted by Gasteiger charge is -2.25. The Labute approximate surface area is 97.6 Å². The minimum Gasteiger partial charge on any atom is -0.478 e. The fourth-order valence-corrected chi connectivity index (χ4v) is 1.77. The molecule has 1 rings (SSSR count). The van der Waals surface area contributed by atoms with Crippen LogP contribution in [0.3, 0.4) is 0 Å². The predicted octanol–water partition coefficient (Wildman–Crippen LogP) is 3.46. The van der Waals surface area contributed by atoms with Crippen molar-refractivity contribution in [2.75, 3.05) is 0 Å². The Morgan fingerprint density at radius 2 is 1.72 bits per heavy atom. The number of hydrogen-bond donors (Lipinski definition) is 1. The van der Waals surface area contributed by atoms with Crippen LogP contribution in [0.25, 0.3) is 0 Å². The minimum absolute atomic E-state index is 0.122. The lowest BCUT2D eigenvalue weighted by Crippen LogP contribution is -2.27. The van der Waals surface area contributed by atoms with Crippen molar-refractivity contribution in [3.63, 3.8) is 0 Å². The smallest absolute Gasteiger partial charge is 0.416 e. The quantitative estimate of drug-likeness (QED) is 0.743. The molecule has 0 saturated heterocycles. The molecule has 0 aliphatic heterocycles. The zero-order valence-corrected chi connectivity index (χ0v) is 8.99. The van der Waals surface area contributed by atoms with Crippen molar-refractivity contribution in [2.24, 2.45) is 5.92 Å². The molecule has 0 bridgehead atoms. The van der Waals surface area contributed by atoms with Gasteiger partial charge >= 0.3 is 18.3 Å². The number of aliphatic carboxylic acids is 1. The molecular formula is C10H8F6O2. The lowest BCUT2D eigenvalue weighted by atomic mass is 9.83. The Balaban J connectivity index is 3.44. The molecule has 0 fully saturated rings. The maximum atomic E-state index is 12.6. The van der Waals surface area contributed by atoms with Crippen molar-refractivity contribution in [3.05, 3.63) is 22.8 Å². The largest absolute Gasteiger partial charge is 0.478 e. The molecule has 18 heavy (non-hydrogen) atoms. The average molecular weight is 274 g/mol. The third-order valence-corrected chi connectivity index (χ3v) is 2.53. The van der Waals surface area contributed by atoms with Crippen molar-refractivity contribution in [2.45, 2.75) is 25.7 Å². The van der Waals surface area contributed by atoms with E-state index in [4.69, 9.17) is 5.11 Å². The summed E-state index contributed by atoms with van der Waals surface area (Å²) in [5.41, 5.74) is -4.14. The van der Waals surface area contributed by atoms with Gasteiger partial charge in [0.25, 0.3) is 0 Å². The Kier molecular flexibility index (Phi) is 3.51. The molecule has 102 valence electrons. The molecule has 0 heterocycles. The van der Waals surface area contributed by atoms with Gasteiger partial charge in [-0.2, -0.15) is 26.3 Å². The van der Waals surface area contributed by atoms with Gasteiger partial charge in [0, 0.05) is 5.57 Å². The summed E-state index contributed by atoms with van der Waals surface area (Å²) in [7, 11) is 0. The van der Waals surface area contributed by atoms with Gasteiger partial charge < -0.3 is 5.11 Å². The van der Waals surface area contributed by atoms with Gasteiger partial charge in [-0.15, -0.1) is 0 Å². The van der Waals surface area contributed by atoms with Crippen LogP contribution in [0.4, 0.5) is 26.3 Å². The fraction of sp³-hybridized carbons (Fsp3) is 0.500. The van der Waals surface area contributed by atoms with E-state index in [-0.39, 0.29) is 6.08 Å². The lowest BCUT2D eigenvalue weighted by molar-refractivity contribution is -0.135. The predicted molar refractivity (Wildman–Crippen MR) is 48.6 cm³/mol. The summed E-state index contributed by atoms with van der Waals surface area (Å²) in [6.07, 6.45) is -10.9. The molecule has 1 atom stereocenters. The number of carboxylic acid groups (broad SMARTS) is 1. The van der Waals surface area contributed by atoms with Gasteiger partial charge in [-0.25, -0.2) is 4.79 Å². The second-order valence-corrected chi connectivity index (χ2v) is 3.90. The molecule has 1 unspecified atom stereocenters. The normalized spacial score (nSPS) is 21.9. The number of halogens is 6. The number of rotatable bonds is 1. The van der Waals surface area contributed by atoms with Crippen LogP contribution in [0, 0.1) is 5.92 Å². The molecule has 0 aromatic heterocycles. The second kappa shape index (κ2) is 4.33. The van der Waals surface area contributed by atoms with Crippen LogP contribution in [-0.2, 0) is 4.79 Å². The third kappa shape index (κ3) is 2.85. The van der Waals surface area contributed by atoms with Gasteiger partial charge in [0.1, 0.15) is 0 Å². The molecule has 1 N–H and O–H groups in total. The first kappa shape index (κ1) is 14.6. The van der Waals surface area contributed by atoms with E-state index in [0.29, 0.717) is 0 Å². The van der Waals surface area contributed by atoms with Crippen LogP contribution in [0.15, 0.2) is 22.8 Å². The second-order valence-electron chi connectivity index (χ2n) is 3.90. The van der Waals surface area contributed by atoms with Crippen LogP contribution in [0.1, 0.15) is 13.3 Å². The first-order valence-electron chi connectivity index (χ1n) is 4.77. The highest BCUT2D eigenvalue weighted by molar-refractivity contribution is 5.89. The number of alkyl halides is 6. The summed E-state index contributed by atoms with van der Waals surface area (Å²) in [6.45, 7) is 1.02. The first-order valence-corrected chi connectivity index (χ1v) is 4.77. The van der Waals surface area contributed by atoms with E-state index in [1.807, 2.05) is 0 Å². The number of carboxylic acids is 1. The standard InChI is InChI=1S/C10H8F6O2/c1-4-2-5(9(11,12)13)3-6(10(14,15)16)7(4)8(17)18/h3-4H,2H2,1H3,(H,17,18). The summed E-state index contributed by atoms with van der Waals surface area (Å²) >= 11 is 0. The van der Waals surface area contributed by atoms with Gasteiger partial charge in [0.05, 0.1) is 11.1 Å². The highest BCUT2D eigenvalue weighted by Crippen LogP contribution is 2.43. The van der Waals surface area contributed by atoms with Crippen LogP contribution in [0.5, 0.6) is 0 Å². The summed E-state index contributed by atoms with van der Waals surface area (Å²) in [5, 5.41) is 8.66. The Morgan fingerprint density at radius 3 is 2.06 bits per heavy atom. The minimum atomic E-state index is -5.13. The maximum absolute atomic E-state index is 12.6. The molecule has 8 heteroatoms. The van der Waals surface area contributed by atoms with E-state index < -0.39 is 47.4 Å². The molecule has 2 nitrogen and oxygen atoms in total. The molecule has 1 aliphatic rings. The maximum Gasteiger partial charge on any atom is 0.416 e. The number of carbonyl (C=O) groups is 1. The number of allylic oxidation sites excluding steroid dienone is 3. The molecule has 0 aromatic carbocycles. The number of hydrogen-bond acceptors (Lipinski definition) is 1. The SMILES string of the molecule is CC1CC(C(F)(F)F)=CC(C(F)(F)F)=C1C(=O)O. The summed E-state index contributed by atoms with van der Waals surface area (Å²) in [6, 6.07) is 0. The topological polar surface area (TPSA) is 37.3 Å². The van der Waals surface area contributed by atoms with Gasteiger partial charge in [-0.1, -0.05) is 6.92 Å². The molecule has 0 saturated carbocycles. The summed E-state index contributed by atoms with van der Waals surface area (Å²) < 4.78 is 74.9. The Hall–Kier alpha value is -1.47. The average Bonchev–Trinajstić information content (AvgIpc) is 2.12. The third-order valence-electron chi connectivity index (χ3n) is 2.53. The highest BCUT2D eigenvalue weighted by Gasteiger charge is 2.45. The van der Waals surface area contributed by atoms with Crippen LogP contribution < -0.4 is 0 Å². The molecule has 0 amide bonds. The summed E-state index contributed by atoms with van der Waals surface area (Å²) in [5.74, 6) is -3.20. The summed E-state index contributed by atoms with van der Waals surface area (Å²) in [4.78, 5) is 10.7. The fourth-order valence-electron chi connectivity index (χ4n) is 1.77. The Bertz CT molecular complexity index is 427. The molecule has 0 spiro atoms. The first-order chi connectivity index (χ1) is 7.94. The van der Waals surface area contributed by atoms with Crippen LogP contribution >= 0.6 is 0 Å². The van der Waals surface area contributed by atoms with E-state index in [2.05, 4.69) is 0 Å². The molecule has 0 radical (unpaired) electrons. The monoisotopic (exact) mass is 274 g/mol. The molecular weight excluding hydrogens is 266 g/mol.